The number of hydrogen-bond donors (Lipinski definition) is 1. The molecule has 0 saturated heterocycles. The van der Waals surface area contributed by atoms with Crippen molar-refractivity contribution in [2.24, 2.45) is 0 Å². The Hall–Kier alpha value is -3.21. The van der Waals surface area contributed by atoms with Crippen molar-refractivity contribution in [3.05, 3.63) is 83.8 Å². The number of rotatable bonds is 4. The molecule has 1 unspecified atom stereocenters. The van der Waals surface area contributed by atoms with Gasteiger partial charge in [-0.25, -0.2) is 4.39 Å². The van der Waals surface area contributed by atoms with E-state index < -0.39 is 0 Å². The van der Waals surface area contributed by atoms with Crippen LogP contribution in [0.25, 0.3) is 11.3 Å². The lowest BCUT2D eigenvalue weighted by Gasteiger charge is -2.13. The molecule has 1 aliphatic heterocycles. The summed E-state index contributed by atoms with van der Waals surface area (Å²) in [5.41, 5.74) is 2.70. The number of halogens is 1. The SMILES string of the molecule is O=C(NCC1Cc2cc(F)cc(-c3ccccn3)c2O1)c1ccccc1. The largest absolute Gasteiger partial charge is 0.487 e. The summed E-state index contributed by atoms with van der Waals surface area (Å²) in [7, 11) is 0. The van der Waals surface area contributed by atoms with Crippen LogP contribution in [-0.4, -0.2) is 23.5 Å². The maximum absolute atomic E-state index is 14.0. The second-order valence-electron chi connectivity index (χ2n) is 6.18. The molecule has 0 radical (unpaired) electrons. The Labute approximate surface area is 150 Å². The molecule has 0 aliphatic carbocycles. The highest BCUT2D eigenvalue weighted by molar-refractivity contribution is 5.94. The van der Waals surface area contributed by atoms with Crippen LogP contribution in [0, 0.1) is 5.82 Å². The van der Waals surface area contributed by atoms with Crippen molar-refractivity contribution in [1.29, 1.82) is 0 Å². The Morgan fingerprint density at radius 2 is 1.96 bits per heavy atom. The van der Waals surface area contributed by atoms with Gasteiger partial charge in [-0.15, -0.1) is 0 Å². The summed E-state index contributed by atoms with van der Waals surface area (Å²) < 4.78 is 20.0. The maximum atomic E-state index is 14.0. The third-order valence-corrected chi connectivity index (χ3v) is 4.33. The van der Waals surface area contributed by atoms with Crippen LogP contribution in [0.3, 0.4) is 0 Å². The van der Waals surface area contributed by atoms with Gasteiger partial charge >= 0.3 is 0 Å². The second-order valence-corrected chi connectivity index (χ2v) is 6.18. The van der Waals surface area contributed by atoms with E-state index in [9.17, 15) is 9.18 Å². The van der Waals surface area contributed by atoms with E-state index in [-0.39, 0.29) is 17.8 Å². The highest BCUT2D eigenvalue weighted by Crippen LogP contribution is 2.38. The van der Waals surface area contributed by atoms with Crippen molar-refractivity contribution >= 4 is 5.91 Å². The number of nitrogens with zero attached hydrogens (tertiary/aromatic N) is 1. The van der Waals surface area contributed by atoms with Crippen molar-refractivity contribution in [3.8, 4) is 17.0 Å². The zero-order valence-corrected chi connectivity index (χ0v) is 14.0. The molecule has 4 nitrogen and oxygen atoms in total. The van der Waals surface area contributed by atoms with Crippen LogP contribution in [-0.2, 0) is 6.42 Å². The lowest BCUT2D eigenvalue weighted by Crippen LogP contribution is -2.34. The van der Waals surface area contributed by atoms with Gasteiger partial charge in [0.15, 0.2) is 0 Å². The minimum atomic E-state index is -0.318. The van der Waals surface area contributed by atoms with Crippen molar-refractivity contribution in [1.82, 2.24) is 10.3 Å². The summed E-state index contributed by atoms with van der Waals surface area (Å²) in [6.45, 7) is 0.353. The fourth-order valence-corrected chi connectivity index (χ4v) is 3.12. The minimum Gasteiger partial charge on any atom is -0.487 e. The predicted octanol–water partition coefficient (Wildman–Crippen LogP) is 3.62. The van der Waals surface area contributed by atoms with Gasteiger partial charge in [0.05, 0.1) is 12.2 Å². The van der Waals surface area contributed by atoms with E-state index in [2.05, 4.69) is 10.3 Å². The molecule has 26 heavy (non-hydrogen) atoms. The van der Waals surface area contributed by atoms with Crippen molar-refractivity contribution < 1.29 is 13.9 Å². The van der Waals surface area contributed by atoms with Crippen LogP contribution in [0.1, 0.15) is 15.9 Å². The lowest BCUT2D eigenvalue weighted by molar-refractivity contribution is 0.0933. The molecule has 1 aromatic heterocycles. The monoisotopic (exact) mass is 348 g/mol. The third-order valence-electron chi connectivity index (χ3n) is 4.33. The molecule has 4 rings (SSSR count). The molecular weight excluding hydrogens is 331 g/mol. The van der Waals surface area contributed by atoms with Gasteiger partial charge in [-0.05, 0) is 36.4 Å². The Bertz CT molecular complexity index is 930. The molecule has 0 fully saturated rings. The number of aromatic nitrogens is 1. The van der Waals surface area contributed by atoms with Gasteiger partial charge < -0.3 is 10.1 Å². The van der Waals surface area contributed by atoms with Crippen LogP contribution in [0.15, 0.2) is 66.9 Å². The first-order valence-corrected chi connectivity index (χ1v) is 8.44. The molecule has 1 amide bonds. The molecule has 0 bridgehead atoms. The number of fused-ring (bicyclic) bond motifs is 1. The van der Waals surface area contributed by atoms with E-state index in [1.54, 1.807) is 18.3 Å². The standard InChI is InChI=1S/C21H17FN2O2/c22-16-10-15-11-17(13-24-21(25)14-6-2-1-3-7-14)26-20(15)18(12-16)19-8-4-5-9-23-19/h1-10,12,17H,11,13H2,(H,24,25). The second kappa shape index (κ2) is 6.96. The number of carbonyl (C=O) groups excluding carboxylic acids is 1. The summed E-state index contributed by atoms with van der Waals surface area (Å²) in [5, 5.41) is 2.88. The zero-order chi connectivity index (χ0) is 17.9. The fraction of sp³-hybridized carbons (Fsp3) is 0.143. The van der Waals surface area contributed by atoms with Gasteiger partial charge in [0, 0.05) is 29.3 Å². The summed E-state index contributed by atoms with van der Waals surface area (Å²) in [6.07, 6.45) is 1.98. The predicted molar refractivity (Wildman–Crippen MR) is 96.5 cm³/mol. The summed E-state index contributed by atoms with van der Waals surface area (Å²) >= 11 is 0. The molecule has 130 valence electrons. The molecule has 0 spiro atoms. The van der Waals surface area contributed by atoms with E-state index in [1.807, 2.05) is 36.4 Å². The summed E-state index contributed by atoms with van der Waals surface area (Å²) in [4.78, 5) is 16.5. The van der Waals surface area contributed by atoms with Crippen LogP contribution >= 0.6 is 0 Å². The average Bonchev–Trinajstić information content (AvgIpc) is 3.09. The van der Waals surface area contributed by atoms with Gasteiger partial charge in [0.2, 0.25) is 0 Å². The van der Waals surface area contributed by atoms with Crippen LogP contribution in [0.2, 0.25) is 0 Å². The quantitative estimate of drug-likeness (QED) is 0.783. The molecule has 2 aromatic carbocycles. The van der Waals surface area contributed by atoms with Crippen molar-refractivity contribution in [2.45, 2.75) is 12.5 Å². The van der Waals surface area contributed by atoms with Crippen molar-refractivity contribution in [3.63, 3.8) is 0 Å². The van der Waals surface area contributed by atoms with E-state index in [1.165, 1.54) is 12.1 Å². The highest BCUT2D eigenvalue weighted by Gasteiger charge is 2.27. The highest BCUT2D eigenvalue weighted by atomic mass is 19.1. The summed E-state index contributed by atoms with van der Waals surface area (Å²) in [6, 6.07) is 17.4. The van der Waals surface area contributed by atoms with Crippen molar-refractivity contribution in [2.75, 3.05) is 6.54 Å². The first-order chi connectivity index (χ1) is 12.7. The molecule has 1 aliphatic rings. The fourth-order valence-electron chi connectivity index (χ4n) is 3.12. The molecule has 2 heterocycles. The van der Waals surface area contributed by atoms with Gasteiger partial charge in [-0.1, -0.05) is 24.3 Å². The third kappa shape index (κ3) is 3.28. The Morgan fingerprint density at radius 3 is 2.73 bits per heavy atom. The smallest absolute Gasteiger partial charge is 0.251 e. The number of pyridine rings is 1. The number of ether oxygens (including phenoxy) is 1. The number of carbonyl (C=O) groups is 1. The van der Waals surface area contributed by atoms with Gasteiger partial charge in [0.25, 0.3) is 5.91 Å². The Morgan fingerprint density at radius 1 is 1.15 bits per heavy atom. The lowest BCUT2D eigenvalue weighted by atomic mass is 10.0. The Kier molecular flexibility index (Phi) is 4.35. The number of benzene rings is 2. The molecule has 5 heteroatoms. The number of hydrogen-bond acceptors (Lipinski definition) is 3. The summed E-state index contributed by atoms with van der Waals surface area (Å²) in [5.74, 6) is 0.173. The van der Waals surface area contributed by atoms with E-state index in [4.69, 9.17) is 4.74 Å². The molecular formula is C21H17FN2O2. The molecule has 1 atom stereocenters. The van der Waals surface area contributed by atoms with E-state index >= 15 is 0 Å². The van der Waals surface area contributed by atoms with Gasteiger partial charge in [-0.3, -0.25) is 9.78 Å². The van der Waals surface area contributed by atoms with Crippen LogP contribution < -0.4 is 10.1 Å². The van der Waals surface area contributed by atoms with E-state index in [0.29, 0.717) is 35.5 Å². The first-order valence-electron chi connectivity index (χ1n) is 8.44. The normalized spacial score (nSPS) is 15.2. The van der Waals surface area contributed by atoms with Crippen LogP contribution in [0.5, 0.6) is 5.75 Å². The molecule has 1 N–H and O–H groups in total. The topological polar surface area (TPSA) is 51.2 Å². The Balaban J connectivity index is 1.50. The minimum absolute atomic E-state index is 0.152. The number of amides is 1. The first kappa shape index (κ1) is 16.3. The van der Waals surface area contributed by atoms with Gasteiger partial charge in [0.1, 0.15) is 17.7 Å². The van der Waals surface area contributed by atoms with Crippen LogP contribution in [0.4, 0.5) is 4.39 Å². The van der Waals surface area contributed by atoms with E-state index in [0.717, 1.165) is 5.56 Å². The molecule has 3 aromatic rings. The zero-order valence-electron chi connectivity index (χ0n) is 14.0. The molecule has 0 saturated carbocycles. The maximum Gasteiger partial charge on any atom is 0.251 e. The average molecular weight is 348 g/mol. The van der Waals surface area contributed by atoms with Gasteiger partial charge in [-0.2, -0.15) is 0 Å². The number of nitrogens with one attached hydrogen (secondary N) is 1.